The molecule has 0 N–H and O–H groups in total. The zero-order valence-electron chi connectivity index (χ0n) is 16.1. The summed E-state index contributed by atoms with van der Waals surface area (Å²) < 4.78 is 20.3. The van der Waals surface area contributed by atoms with Crippen LogP contribution in [0.25, 0.3) is 0 Å². The molecule has 4 fully saturated rings. The van der Waals surface area contributed by atoms with Gasteiger partial charge < -0.3 is 18.9 Å². The molecule has 4 aliphatic rings. The van der Waals surface area contributed by atoms with Crippen molar-refractivity contribution in [3.63, 3.8) is 0 Å². The van der Waals surface area contributed by atoms with Crippen LogP contribution in [-0.2, 0) is 38.1 Å². The predicted octanol–water partition coefficient (Wildman–Crippen LogP) is 1.70. The van der Waals surface area contributed by atoms with Gasteiger partial charge in [-0.25, -0.2) is 14.4 Å². The molecule has 0 saturated heterocycles. The fourth-order valence-corrected chi connectivity index (χ4v) is 5.48. The lowest BCUT2D eigenvalue weighted by Gasteiger charge is -2.60. The summed E-state index contributed by atoms with van der Waals surface area (Å²) >= 11 is 0. The van der Waals surface area contributed by atoms with Gasteiger partial charge >= 0.3 is 17.9 Å². The van der Waals surface area contributed by atoms with Crippen LogP contribution < -0.4 is 0 Å². The van der Waals surface area contributed by atoms with E-state index in [0.29, 0.717) is 24.7 Å². The van der Waals surface area contributed by atoms with Gasteiger partial charge in [-0.2, -0.15) is 0 Å². The smallest absolute Gasteiger partial charge is 0.344 e. The predicted molar refractivity (Wildman–Crippen MR) is 94.7 cm³/mol. The summed E-state index contributed by atoms with van der Waals surface area (Å²) in [4.78, 5) is 45.7. The molecule has 0 heterocycles. The van der Waals surface area contributed by atoms with Crippen molar-refractivity contribution in [2.75, 3.05) is 19.8 Å². The van der Waals surface area contributed by atoms with Crippen LogP contribution in [-0.4, -0.2) is 49.8 Å². The van der Waals surface area contributed by atoms with E-state index in [4.69, 9.17) is 14.2 Å². The number of hydrogen-bond donors (Lipinski definition) is 0. The molecule has 2 atom stereocenters. The minimum atomic E-state index is -0.834. The number of carbonyl (C=O) groups excluding carboxylic acids is 4. The first-order chi connectivity index (χ1) is 13.2. The monoisotopic (exact) mass is 394 g/mol. The first kappa shape index (κ1) is 20.4. The molecule has 8 nitrogen and oxygen atoms in total. The first-order valence-electron chi connectivity index (χ1n) is 9.50. The van der Waals surface area contributed by atoms with Crippen LogP contribution in [0.15, 0.2) is 12.2 Å². The molecule has 4 aliphatic carbocycles. The van der Waals surface area contributed by atoms with Gasteiger partial charge in [0.1, 0.15) is 5.60 Å². The third-order valence-electron chi connectivity index (χ3n) is 5.99. The van der Waals surface area contributed by atoms with Gasteiger partial charge in [0, 0.05) is 11.0 Å². The molecule has 0 aromatic heterocycles. The van der Waals surface area contributed by atoms with Gasteiger partial charge in [0.15, 0.2) is 13.2 Å². The lowest BCUT2D eigenvalue weighted by molar-refractivity contribution is -0.202. The average molecular weight is 394 g/mol. The van der Waals surface area contributed by atoms with Crippen LogP contribution in [0.1, 0.15) is 45.4 Å². The highest BCUT2D eigenvalue weighted by atomic mass is 16.6. The standard InChI is InChI=1S/C20H26O8/c1-13(2)18(24)26-9-16(22)25-8-17(23)27-11-19-4-14-3-15(5-19)7-20(6-14,10-19)28-12-21/h12,14-15H,1,3-11H2,2H3. The molecule has 4 bridgehead atoms. The Kier molecular flexibility index (Phi) is 5.76. The third-order valence-corrected chi connectivity index (χ3v) is 5.99. The Hall–Kier alpha value is -2.38. The number of ether oxygens (including phenoxy) is 4. The normalized spacial score (nSPS) is 32.3. The fourth-order valence-electron chi connectivity index (χ4n) is 5.48. The van der Waals surface area contributed by atoms with Crippen LogP contribution in [0, 0.1) is 17.3 Å². The maximum atomic E-state index is 12.0. The van der Waals surface area contributed by atoms with Gasteiger partial charge in [0.05, 0.1) is 6.61 Å². The van der Waals surface area contributed by atoms with E-state index < -0.39 is 36.7 Å². The van der Waals surface area contributed by atoms with Crippen LogP contribution >= 0.6 is 0 Å². The van der Waals surface area contributed by atoms with E-state index in [1.165, 1.54) is 6.92 Å². The Morgan fingerprint density at radius 2 is 1.61 bits per heavy atom. The summed E-state index contributed by atoms with van der Waals surface area (Å²) in [5, 5.41) is 0. The summed E-state index contributed by atoms with van der Waals surface area (Å²) in [6, 6.07) is 0. The van der Waals surface area contributed by atoms with E-state index in [9.17, 15) is 19.2 Å². The van der Waals surface area contributed by atoms with Crippen LogP contribution in [0.2, 0.25) is 0 Å². The minimum Gasteiger partial charge on any atom is -0.463 e. The van der Waals surface area contributed by atoms with Gasteiger partial charge in [-0.3, -0.25) is 4.79 Å². The van der Waals surface area contributed by atoms with Gasteiger partial charge in [-0.15, -0.1) is 0 Å². The molecule has 28 heavy (non-hydrogen) atoms. The molecular formula is C20H26O8. The third kappa shape index (κ3) is 4.54. The molecule has 0 radical (unpaired) electrons. The van der Waals surface area contributed by atoms with Crippen molar-refractivity contribution >= 4 is 24.4 Å². The highest BCUT2D eigenvalue weighted by molar-refractivity contribution is 5.88. The van der Waals surface area contributed by atoms with Crippen molar-refractivity contribution in [2.24, 2.45) is 17.3 Å². The first-order valence-corrected chi connectivity index (χ1v) is 9.50. The summed E-state index contributed by atoms with van der Waals surface area (Å²) in [5.74, 6) is -1.21. The van der Waals surface area contributed by atoms with Gasteiger partial charge in [-0.05, 0) is 57.3 Å². The second kappa shape index (κ2) is 7.93. The van der Waals surface area contributed by atoms with Crippen LogP contribution in [0.4, 0.5) is 0 Å². The van der Waals surface area contributed by atoms with Crippen molar-refractivity contribution in [2.45, 2.75) is 51.0 Å². The zero-order chi connectivity index (χ0) is 20.4. The number of carbonyl (C=O) groups is 4. The molecular weight excluding hydrogens is 368 g/mol. The van der Waals surface area contributed by atoms with Crippen LogP contribution in [0.3, 0.4) is 0 Å². The summed E-state index contributed by atoms with van der Waals surface area (Å²) in [6.07, 6.45) is 5.53. The zero-order valence-corrected chi connectivity index (χ0v) is 16.1. The Labute approximate surface area is 163 Å². The average Bonchev–Trinajstić information content (AvgIpc) is 2.61. The maximum Gasteiger partial charge on any atom is 0.344 e. The number of hydrogen-bond acceptors (Lipinski definition) is 8. The topological polar surface area (TPSA) is 105 Å². The van der Waals surface area contributed by atoms with E-state index in [0.717, 1.165) is 32.1 Å². The SMILES string of the molecule is C=C(C)C(=O)OCC(=O)OCC(=O)OCC12CC3CC(C1)CC(OC=O)(C3)C2. The van der Waals surface area contributed by atoms with E-state index in [1.807, 2.05) is 0 Å². The molecule has 0 aromatic carbocycles. The molecule has 8 heteroatoms. The highest BCUT2D eigenvalue weighted by Crippen LogP contribution is 2.62. The molecule has 4 saturated carbocycles. The van der Waals surface area contributed by atoms with Crippen LogP contribution in [0.5, 0.6) is 0 Å². The van der Waals surface area contributed by atoms with Gasteiger partial charge in [0.25, 0.3) is 6.47 Å². The molecule has 154 valence electrons. The summed E-state index contributed by atoms with van der Waals surface area (Å²) in [5.41, 5.74) is -0.430. The molecule has 0 amide bonds. The van der Waals surface area contributed by atoms with Crippen molar-refractivity contribution in [3.8, 4) is 0 Å². The molecule has 4 rings (SSSR count). The van der Waals surface area contributed by atoms with E-state index >= 15 is 0 Å². The highest BCUT2D eigenvalue weighted by Gasteiger charge is 2.59. The minimum absolute atomic E-state index is 0.166. The van der Waals surface area contributed by atoms with Gasteiger partial charge in [0.2, 0.25) is 0 Å². The Balaban J connectivity index is 1.44. The van der Waals surface area contributed by atoms with E-state index in [-0.39, 0.29) is 17.6 Å². The van der Waals surface area contributed by atoms with Crippen molar-refractivity contribution in [1.82, 2.24) is 0 Å². The molecule has 0 aliphatic heterocycles. The Bertz CT molecular complexity index is 668. The lowest BCUT2D eigenvalue weighted by atomic mass is 9.48. The Morgan fingerprint density at radius 1 is 1.00 bits per heavy atom. The maximum absolute atomic E-state index is 12.0. The second-order valence-corrected chi connectivity index (χ2v) is 8.54. The van der Waals surface area contributed by atoms with E-state index in [2.05, 4.69) is 11.3 Å². The van der Waals surface area contributed by atoms with Gasteiger partial charge in [-0.1, -0.05) is 6.58 Å². The van der Waals surface area contributed by atoms with Crippen molar-refractivity contribution in [1.29, 1.82) is 0 Å². The van der Waals surface area contributed by atoms with Crippen molar-refractivity contribution in [3.05, 3.63) is 12.2 Å². The van der Waals surface area contributed by atoms with E-state index in [1.54, 1.807) is 0 Å². The Morgan fingerprint density at radius 3 is 2.21 bits per heavy atom. The molecule has 0 aromatic rings. The van der Waals surface area contributed by atoms with Crippen molar-refractivity contribution < 1.29 is 38.1 Å². The summed E-state index contributed by atoms with van der Waals surface area (Å²) in [6.45, 7) is 4.49. The number of rotatable bonds is 9. The second-order valence-electron chi connectivity index (χ2n) is 8.54. The number of esters is 3. The fraction of sp³-hybridized carbons (Fsp3) is 0.700. The molecule has 2 unspecified atom stereocenters. The quantitative estimate of drug-likeness (QED) is 0.252. The largest absolute Gasteiger partial charge is 0.463 e. The lowest BCUT2D eigenvalue weighted by Crippen LogP contribution is -2.58. The summed E-state index contributed by atoms with van der Waals surface area (Å²) in [7, 11) is 0. The molecule has 0 spiro atoms.